The summed E-state index contributed by atoms with van der Waals surface area (Å²) < 4.78 is 10.8. The van der Waals surface area contributed by atoms with Gasteiger partial charge in [-0.3, -0.25) is 10.1 Å². The number of hydrogen-bond donors (Lipinski definition) is 1. The van der Waals surface area contributed by atoms with E-state index in [1.165, 1.54) is 16.9 Å². The van der Waals surface area contributed by atoms with Crippen LogP contribution < -0.4 is 14.8 Å². The first kappa shape index (κ1) is 18.9. The van der Waals surface area contributed by atoms with Crippen LogP contribution in [0.15, 0.2) is 42.5 Å². The number of rotatable bonds is 6. The predicted molar refractivity (Wildman–Crippen MR) is 109 cm³/mol. The minimum absolute atomic E-state index is 0.236. The summed E-state index contributed by atoms with van der Waals surface area (Å²) in [6.45, 7) is 6.48. The number of ether oxygens (including phenoxy) is 2. The Balaban J connectivity index is 1.80. The molecule has 1 heterocycles. The number of carbonyl (C=O) groups is 1. The second-order valence-corrected chi connectivity index (χ2v) is 7.25. The van der Waals surface area contributed by atoms with Gasteiger partial charge < -0.3 is 9.47 Å². The van der Waals surface area contributed by atoms with Crippen LogP contribution in [0.4, 0.5) is 5.13 Å². The molecule has 0 atom stereocenters. The van der Waals surface area contributed by atoms with Gasteiger partial charge in [-0.05, 0) is 39.0 Å². The Morgan fingerprint density at radius 3 is 2.52 bits per heavy atom. The monoisotopic (exact) mass is 382 g/mol. The highest BCUT2D eigenvalue weighted by Crippen LogP contribution is 2.32. The lowest BCUT2D eigenvalue weighted by molar-refractivity contribution is 0.102. The van der Waals surface area contributed by atoms with Gasteiger partial charge in [0, 0.05) is 16.0 Å². The molecule has 3 rings (SSSR count). The van der Waals surface area contributed by atoms with Crippen LogP contribution in [-0.2, 0) is 0 Å². The van der Waals surface area contributed by atoms with Crippen molar-refractivity contribution in [3.63, 3.8) is 0 Å². The fourth-order valence-electron chi connectivity index (χ4n) is 2.68. The van der Waals surface area contributed by atoms with E-state index in [9.17, 15) is 4.79 Å². The maximum absolute atomic E-state index is 12.6. The van der Waals surface area contributed by atoms with E-state index >= 15 is 0 Å². The first-order valence-electron chi connectivity index (χ1n) is 8.68. The van der Waals surface area contributed by atoms with E-state index in [0.29, 0.717) is 28.8 Å². The molecule has 6 heteroatoms. The van der Waals surface area contributed by atoms with Gasteiger partial charge in [0.25, 0.3) is 5.91 Å². The van der Waals surface area contributed by atoms with Crippen LogP contribution in [0.1, 0.15) is 27.7 Å². The zero-order chi connectivity index (χ0) is 19.4. The van der Waals surface area contributed by atoms with Gasteiger partial charge in [0.05, 0.1) is 19.4 Å². The number of aryl methyl sites for hydroxylation is 2. The van der Waals surface area contributed by atoms with Gasteiger partial charge in [0.15, 0.2) is 16.6 Å². The quantitative estimate of drug-likeness (QED) is 0.645. The van der Waals surface area contributed by atoms with Crippen molar-refractivity contribution in [1.82, 2.24) is 4.98 Å². The Hall–Kier alpha value is -2.86. The lowest BCUT2D eigenvalue weighted by atomic mass is 10.1. The fourth-order valence-corrected chi connectivity index (χ4v) is 3.51. The minimum atomic E-state index is -0.236. The number of thiazole rings is 1. The SMILES string of the molecule is CCOc1ccc(C(=O)Nc2nc(-c3ccc(C)cc3)c(C)s2)cc1OC. The molecule has 27 heavy (non-hydrogen) atoms. The second kappa shape index (κ2) is 8.22. The maximum Gasteiger partial charge on any atom is 0.257 e. The van der Waals surface area contributed by atoms with Gasteiger partial charge in [0.2, 0.25) is 0 Å². The summed E-state index contributed by atoms with van der Waals surface area (Å²) in [4.78, 5) is 18.3. The summed E-state index contributed by atoms with van der Waals surface area (Å²) in [5.74, 6) is 0.906. The number of amides is 1. The van der Waals surface area contributed by atoms with Gasteiger partial charge >= 0.3 is 0 Å². The Labute approximate surface area is 163 Å². The third kappa shape index (κ3) is 4.28. The van der Waals surface area contributed by atoms with Crippen LogP contribution in [0, 0.1) is 13.8 Å². The molecule has 1 N–H and O–H groups in total. The maximum atomic E-state index is 12.6. The zero-order valence-corrected chi connectivity index (χ0v) is 16.6. The predicted octanol–water partition coefficient (Wildman–Crippen LogP) is 5.09. The van der Waals surface area contributed by atoms with Gasteiger partial charge in [0.1, 0.15) is 0 Å². The average molecular weight is 382 g/mol. The number of carbonyl (C=O) groups excluding carboxylic acids is 1. The smallest absolute Gasteiger partial charge is 0.257 e. The molecule has 5 nitrogen and oxygen atoms in total. The second-order valence-electron chi connectivity index (χ2n) is 6.04. The Kier molecular flexibility index (Phi) is 5.76. The summed E-state index contributed by atoms with van der Waals surface area (Å²) >= 11 is 1.46. The van der Waals surface area contributed by atoms with Crippen molar-refractivity contribution >= 4 is 22.4 Å². The minimum Gasteiger partial charge on any atom is -0.493 e. The van der Waals surface area contributed by atoms with E-state index in [0.717, 1.165) is 16.1 Å². The van der Waals surface area contributed by atoms with Crippen LogP contribution >= 0.6 is 11.3 Å². The van der Waals surface area contributed by atoms with E-state index in [1.54, 1.807) is 25.3 Å². The van der Waals surface area contributed by atoms with Crippen LogP contribution in [-0.4, -0.2) is 24.6 Å². The molecular formula is C21H22N2O3S. The van der Waals surface area contributed by atoms with Crippen LogP contribution in [0.3, 0.4) is 0 Å². The average Bonchev–Trinajstić information content (AvgIpc) is 3.03. The molecule has 0 aliphatic rings. The van der Waals surface area contributed by atoms with Crippen molar-refractivity contribution in [2.75, 3.05) is 19.0 Å². The number of aromatic nitrogens is 1. The van der Waals surface area contributed by atoms with Gasteiger partial charge in [-0.2, -0.15) is 0 Å². The van der Waals surface area contributed by atoms with Crippen molar-refractivity contribution in [1.29, 1.82) is 0 Å². The lowest BCUT2D eigenvalue weighted by Gasteiger charge is -2.10. The molecule has 140 valence electrons. The summed E-state index contributed by atoms with van der Waals surface area (Å²) in [6, 6.07) is 13.3. The van der Waals surface area contributed by atoms with Crippen LogP contribution in [0.25, 0.3) is 11.3 Å². The van der Waals surface area contributed by atoms with Crippen molar-refractivity contribution in [3.8, 4) is 22.8 Å². The summed E-state index contributed by atoms with van der Waals surface area (Å²) in [6.07, 6.45) is 0. The molecule has 0 saturated carbocycles. The van der Waals surface area contributed by atoms with Crippen LogP contribution in [0.5, 0.6) is 11.5 Å². The summed E-state index contributed by atoms with van der Waals surface area (Å²) in [7, 11) is 1.55. The highest BCUT2D eigenvalue weighted by Gasteiger charge is 2.15. The van der Waals surface area contributed by atoms with Crippen LogP contribution in [0.2, 0.25) is 0 Å². The number of anilines is 1. The number of nitrogens with one attached hydrogen (secondary N) is 1. The molecule has 0 unspecified atom stereocenters. The van der Waals surface area contributed by atoms with E-state index < -0.39 is 0 Å². The lowest BCUT2D eigenvalue weighted by Crippen LogP contribution is -2.12. The number of nitrogens with zero attached hydrogens (tertiary/aromatic N) is 1. The topological polar surface area (TPSA) is 60.5 Å². The zero-order valence-electron chi connectivity index (χ0n) is 15.8. The van der Waals surface area contributed by atoms with E-state index in [4.69, 9.17) is 9.47 Å². The number of benzene rings is 2. The Morgan fingerprint density at radius 1 is 1.11 bits per heavy atom. The Bertz CT molecular complexity index is 949. The highest BCUT2D eigenvalue weighted by molar-refractivity contribution is 7.16. The van der Waals surface area contributed by atoms with Gasteiger partial charge in [-0.1, -0.05) is 29.8 Å². The van der Waals surface area contributed by atoms with E-state index in [1.807, 2.05) is 26.0 Å². The molecule has 0 saturated heterocycles. The molecule has 1 aromatic heterocycles. The van der Waals surface area contributed by atoms with Crippen molar-refractivity contribution in [2.24, 2.45) is 0 Å². The molecule has 0 bridgehead atoms. The first-order chi connectivity index (χ1) is 13.0. The first-order valence-corrected chi connectivity index (χ1v) is 9.50. The molecule has 2 aromatic carbocycles. The van der Waals surface area contributed by atoms with E-state index in [2.05, 4.69) is 29.4 Å². The molecule has 0 aliphatic carbocycles. The van der Waals surface area contributed by atoms with E-state index in [-0.39, 0.29) is 5.91 Å². The fraction of sp³-hybridized carbons (Fsp3) is 0.238. The highest BCUT2D eigenvalue weighted by atomic mass is 32.1. The molecule has 1 amide bonds. The van der Waals surface area contributed by atoms with Gasteiger partial charge in [-0.15, -0.1) is 11.3 Å². The molecule has 0 aliphatic heterocycles. The molecule has 3 aromatic rings. The Morgan fingerprint density at radius 2 is 1.85 bits per heavy atom. The number of hydrogen-bond acceptors (Lipinski definition) is 5. The molecular weight excluding hydrogens is 360 g/mol. The largest absolute Gasteiger partial charge is 0.493 e. The standard InChI is InChI=1S/C21H22N2O3S/c1-5-26-17-11-10-16(12-18(17)25-4)20(24)23-21-22-19(14(3)27-21)15-8-6-13(2)7-9-15/h6-12H,5H2,1-4H3,(H,22,23,24). The van der Waals surface area contributed by atoms with Crippen molar-refractivity contribution in [2.45, 2.75) is 20.8 Å². The van der Waals surface area contributed by atoms with Gasteiger partial charge in [-0.25, -0.2) is 4.98 Å². The summed E-state index contributed by atoms with van der Waals surface area (Å²) in [5, 5.41) is 3.45. The normalized spacial score (nSPS) is 10.5. The summed E-state index contributed by atoms with van der Waals surface area (Å²) in [5.41, 5.74) is 3.61. The molecule has 0 spiro atoms. The molecule has 0 fully saturated rings. The number of methoxy groups -OCH3 is 1. The third-order valence-electron chi connectivity index (χ3n) is 4.07. The molecule has 0 radical (unpaired) electrons. The van der Waals surface area contributed by atoms with Crippen molar-refractivity contribution < 1.29 is 14.3 Å². The third-order valence-corrected chi connectivity index (χ3v) is 4.95. The van der Waals surface area contributed by atoms with Crippen molar-refractivity contribution in [3.05, 3.63) is 58.5 Å².